The summed E-state index contributed by atoms with van der Waals surface area (Å²) < 4.78 is 0. The van der Waals surface area contributed by atoms with E-state index in [1.54, 1.807) is 6.07 Å². The molecule has 0 radical (unpaired) electrons. The van der Waals surface area contributed by atoms with Crippen molar-refractivity contribution < 1.29 is 0 Å². The summed E-state index contributed by atoms with van der Waals surface area (Å²) in [4.78, 5) is 18.5. The predicted octanol–water partition coefficient (Wildman–Crippen LogP) is 0.539. The van der Waals surface area contributed by atoms with E-state index in [1.807, 2.05) is 0 Å². The van der Waals surface area contributed by atoms with Crippen LogP contribution in [-0.4, -0.2) is 16.5 Å². The number of nitrogens with one attached hydrogen (secondary N) is 1. The summed E-state index contributed by atoms with van der Waals surface area (Å²) in [5.74, 6) is 1.37. The molecule has 1 aliphatic carbocycles. The van der Waals surface area contributed by atoms with E-state index in [0.29, 0.717) is 12.5 Å². The van der Waals surface area contributed by atoms with Gasteiger partial charge >= 0.3 is 0 Å². The first-order valence-electron chi connectivity index (χ1n) is 5.10. The second-order valence-corrected chi connectivity index (χ2v) is 3.79. The van der Waals surface area contributed by atoms with Gasteiger partial charge in [0.25, 0.3) is 5.56 Å². The van der Waals surface area contributed by atoms with E-state index in [0.717, 1.165) is 37.2 Å². The Hall–Kier alpha value is -1.16. The zero-order valence-electron chi connectivity index (χ0n) is 8.12. The third kappa shape index (κ3) is 2.20. The molecule has 0 aromatic carbocycles. The van der Waals surface area contributed by atoms with Crippen LogP contribution in [0.4, 0.5) is 0 Å². The molecule has 4 nitrogen and oxygen atoms in total. The lowest BCUT2D eigenvalue weighted by atomic mass is 10.2. The van der Waals surface area contributed by atoms with Gasteiger partial charge in [0, 0.05) is 17.7 Å². The summed E-state index contributed by atoms with van der Waals surface area (Å²) in [6, 6.07) is 1.57. The molecule has 3 N–H and O–H groups in total. The molecule has 76 valence electrons. The van der Waals surface area contributed by atoms with E-state index >= 15 is 0 Å². The van der Waals surface area contributed by atoms with Gasteiger partial charge in [-0.2, -0.15) is 0 Å². The Morgan fingerprint density at radius 1 is 1.57 bits per heavy atom. The van der Waals surface area contributed by atoms with E-state index < -0.39 is 0 Å². The topological polar surface area (TPSA) is 71.8 Å². The lowest BCUT2D eigenvalue weighted by molar-refractivity contribution is 0.780. The fraction of sp³-hybridized carbons (Fsp3) is 0.600. The molecule has 0 unspecified atom stereocenters. The zero-order chi connectivity index (χ0) is 9.97. The standard InChI is InChI=1S/C10H15N3O/c11-5-1-2-8-6-9(14)13-10(12-8)7-3-4-7/h6-7H,1-5,11H2,(H,12,13,14). The van der Waals surface area contributed by atoms with Gasteiger partial charge in [-0.15, -0.1) is 0 Å². The van der Waals surface area contributed by atoms with Crippen LogP contribution < -0.4 is 11.3 Å². The Morgan fingerprint density at radius 3 is 3.00 bits per heavy atom. The molecule has 14 heavy (non-hydrogen) atoms. The van der Waals surface area contributed by atoms with E-state index in [9.17, 15) is 4.79 Å². The van der Waals surface area contributed by atoms with Crippen molar-refractivity contribution in [3.63, 3.8) is 0 Å². The fourth-order valence-corrected chi connectivity index (χ4v) is 1.49. The minimum atomic E-state index is -0.0334. The number of H-pyrrole nitrogens is 1. The van der Waals surface area contributed by atoms with Crippen molar-refractivity contribution in [3.05, 3.63) is 27.9 Å². The van der Waals surface area contributed by atoms with E-state index in [-0.39, 0.29) is 5.56 Å². The first kappa shape index (κ1) is 9.40. The van der Waals surface area contributed by atoms with Crippen molar-refractivity contribution in [3.8, 4) is 0 Å². The summed E-state index contributed by atoms with van der Waals surface area (Å²) in [5, 5.41) is 0. The van der Waals surface area contributed by atoms with Crippen molar-refractivity contribution >= 4 is 0 Å². The maximum Gasteiger partial charge on any atom is 0.251 e. The highest BCUT2D eigenvalue weighted by Gasteiger charge is 2.26. The van der Waals surface area contributed by atoms with Crippen molar-refractivity contribution in [1.82, 2.24) is 9.97 Å². The molecule has 0 saturated heterocycles. The van der Waals surface area contributed by atoms with Crippen LogP contribution >= 0.6 is 0 Å². The van der Waals surface area contributed by atoms with Gasteiger partial charge in [-0.3, -0.25) is 4.79 Å². The molecule has 1 fully saturated rings. The first-order valence-corrected chi connectivity index (χ1v) is 5.10. The maximum atomic E-state index is 11.3. The minimum absolute atomic E-state index is 0.0334. The summed E-state index contributed by atoms with van der Waals surface area (Å²) in [7, 11) is 0. The number of rotatable bonds is 4. The summed E-state index contributed by atoms with van der Waals surface area (Å²) >= 11 is 0. The van der Waals surface area contributed by atoms with Crippen molar-refractivity contribution in [2.24, 2.45) is 5.73 Å². The monoisotopic (exact) mass is 193 g/mol. The van der Waals surface area contributed by atoms with E-state index in [2.05, 4.69) is 9.97 Å². The van der Waals surface area contributed by atoms with Crippen molar-refractivity contribution in [2.45, 2.75) is 31.6 Å². The Labute approximate surface area is 82.6 Å². The maximum absolute atomic E-state index is 11.3. The van der Waals surface area contributed by atoms with Gasteiger partial charge in [0.1, 0.15) is 5.82 Å². The number of nitrogens with two attached hydrogens (primary N) is 1. The Morgan fingerprint density at radius 2 is 2.36 bits per heavy atom. The molecule has 0 atom stereocenters. The van der Waals surface area contributed by atoms with Gasteiger partial charge in [-0.05, 0) is 32.2 Å². The number of aromatic nitrogens is 2. The number of nitrogens with zero attached hydrogens (tertiary/aromatic N) is 1. The van der Waals surface area contributed by atoms with Crippen LogP contribution in [0, 0.1) is 0 Å². The van der Waals surface area contributed by atoms with Crippen LogP contribution in [0.1, 0.15) is 36.7 Å². The molecular formula is C10H15N3O. The predicted molar refractivity (Wildman–Crippen MR) is 54.2 cm³/mol. The highest BCUT2D eigenvalue weighted by Crippen LogP contribution is 2.37. The van der Waals surface area contributed by atoms with Gasteiger partial charge in [-0.1, -0.05) is 0 Å². The van der Waals surface area contributed by atoms with Gasteiger partial charge in [0.05, 0.1) is 0 Å². The molecule has 1 aromatic heterocycles. The average Bonchev–Trinajstić information content (AvgIpc) is 2.97. The van der Waals surface area contributed by atoms with E-state index in [4.69, 9.17) is 5.73 Å². The van der Waals surface area contributed by atoms with E-state index in [1.165, 1.54) is 0 Å². The lowest BCUT2D eigenvalue weighted by Crippen LogP contribution is -2.13. The fourth-order valence-electron chi connectivity index (χ4n) is 1.49. The third-order valence-corrected chi connectivity index (χ3v) is 2.41. The smallest absolute Gasteiger partial charge is 0.251 e. The quantitative estimate of drug-likeness (QED) is 0.733. The minimum Gasteiger partial charge on any atom is -0.330 e. The number of aryl methyl sites for hydroxylation is 1. The van der Waals surface area contributed by atoms with Crippen LogP contribution in [0.3, 0.4) is 0 Å². The van der Waals surface area contributed by atoms with Crippen LogP contribution in [0.2, 0.25) is 0 Å². The van der Waals surface area contributed by atoms with Gasteiger partial charge in [-0.25, -0.2) is 4.98 Å². The molecule has 1 saturated carbocycles. The molecule has 1 aromatic rings. The van der Waals surface area contributed by atoms with Crippen LogP contribution in [0.5, 0.6) is 0 Å². The number of aromatic amines is 1. The Bertz CT molecular complexity index is 368. The van der Waals surface area contributed by atoms with Gasteiger partial charge < -0.3 is 10.7 Å². The first-order chi connectivity index (χ1) is 6.79. The van der Waals surface area contributed by atoms with Gasteiger partial charge in [0.2, 0.25) is 0 Å². The van der Waals surface area contributed by atoms with Gasteiger partial charge in [0.15, 0.2) is 0 Å². The molecule has 0 spiro atoms. The molecule has 1 heterocycles. The largest absolute Gasteiger partial charge is 0.330 e. The highest BCUT2D eigenvalue weighted by molar-refractivity contribution is 5.10. The molecule has 2 rings (SSSR count). The zero-order valence-corrected chi connectivity index (χ0v) is 8.12. The van der Waals surface area contributed by atoms with Crippen LogP contribution in [0.15, 0.2) is 10.9 Å². The number of hydrogen-bond donors (Lipinski definition) is 2. The van der Waals surface area contributed by atoms with Crippen molar-refractivity contribution in [1.29, 1.82) is 0 Å². The lowest BCUT2D eigenvalue weighted by Gasteiger charge is -2.01. The molecular weight excluding hydrogens is 178 g/mol. The molecule has 0 bridgehead atoms. The molecule has 4 heteroatoms. The molecule has 0 aliphatic heterocycles. The Balaban J connectivity index is 2.18. The molecule has 1 aliphatic rings. The highest BCUT2D eigenvalue weighted by atomic mass is 16.1. The normalized spacial score (nSPS) is 15.8. The summed E-state index contributed by atoms with van der Waals surface area (Å²) in [5.41, 5.74) is 6.25. The molecule has 0 amide bonds. The second kappa shape index (κ2) is 3.92. The average molecular weight is 193 g/mol. The Kier molecular flexibility index (Phi) is 2.63. The summed E-state index contributed by atoms with van der Waals surface area (Å²) in [6.07, 6.45) is 4.01. The van der Waals surface area contributed by atoms with Crippen LogP contribution in [-0.2, 0) is 6.42 Å². The number of hydrogen-bond acceptors (Lipinski definition) is 3. The summed E-state index contributed by atoms with van der Waals surface area (Å²) in [6.45, 7) is 0.646. The van der Waals surface area contributed by atoms with Crippen LogP contribution in [0.25, 0.3) is 0 Å². The second-order valence-electron chi connectivity index (χ2n) is 3.79. The third-order valence-electron chi connectivity index (χ3n) is 2.41. The SMILES string of the molecule is NCCCc1cc(=O)[nH]c(C2CC2)n1. The van der Waals surface area contributed by atoms with Crippen molar-refractivity contribution in [2.75, 3.05) is 6.54 Å².